The molecule has 0 fully saturated rings. The van der Waals surface area contributed by atoms with Gasteiger partial charge in [0.25, 0.3) is 5.91 Å². The van der Waals surface area contributed by atoms with E-state index in [1.807, 2.05) is 22.9 Å². The van der Waals surface area contributed by atoms with Crippen molar-refractivity contribution >= 4 is 46.3 Å². The van der Waals surface area contributed by atoms with E-state index in [1.54, 1.807) is 30.3 Å². The number of nitrogens with one attached hydrogen (secondary N) is 1. The molecule has 2 N–H and O–H groups in total. The SMILES string of the molecule is O=C1N=Cc2ccc(Oc3ccc(Nc4ncnc5ccn(CCO)c45)cc3Cl)cc21. The van der Waals surface area contributed by atoms with Crippen molar-refractivity contribution in [3.63, 3.8) is 0 Å². The van der Waals surface area contributed by atoms with Crippen LogP contribution in [0.5, 0.6) is 11.5 Å². The summed E-state index contributed by atoms with van der Waals surface area (Å²) in [4.78, 5) is 24.2. The standard InChI is InChI=1S/C22H16ClN5O3/c23-17-9-14(27-21-20-18(25-12-26-21)5-6-28(20)7-8-29)2-4-19(17)31-15-3-1-13-11-24-22(30)16(13)10-15/h1-6,9-12,29H,7-8H2,(H,25,26,27). The Labute approximate surface area is 181 Å². The Morgan fingerprint density at radius 2 is 2.03 bits per heavy atom. The van der Waals surface area contributed by atoms with E-state index in [0.29, 0.717) is 40.1 Å². The van der Waals surface area contributed by atoms with E-state index in [-0.39, 0.29) is 12.5 Å². The summed E-state index contributed by atoms with van der Waals surface area (Å²) in [5, 5.41) is 12.9. The quantitative estimate of drug-likeness (QED) is 0.473. The summed E-state index contributed by atoms with van der Waals surface area (Å²) >= 11 is 6.44. The number of aromatic nitrogens is 3. The van der Waals surface area contributed by atoms with Gasteiger partial charge in [0.05, 0.1) is 22.7 Å². The van der Waals surface area contributed by atoms with E-state index in [9.17, 15) is 9.90 Å². The fraction of sp³-hybridized carbons (Fsp3) is 0.0909. The van der Waals surface area contributed by atoms with Gasteiger partial charge in [-0.15, -0.1) is 0 Å². The first-order valence-corrected chi connectivity index (χ1v) is 9.88. The highest BCUT2D eigenvalue weighted by atomic mass is 35.5. The largest absolute Gasteiger partial charge is 0.456 e. The lowest BCUT2D eigenvalue weighted by Crippen LogP contribution is -2.04. The molecule has 0 saturated carbocycles. The van der Waals surface area contributed by atoms with Crippen LogP contribution in [0.15, 0.2) is 60.0 Å². The van der Waals surface area contributed by atoms with Gasteiger partial charge in [-0.2, -0.15) is 0 Å². The number of hydrogen-bond acceptors (Lipinski definition) is 6. The van der Waals surface area contributed by atoms with Gasteiger partial charge in [0, 0.05) is 30.2 Å². The lowest BCUT2D eigenvalue weighted by Gasteiger charge is -2.12. The van der Waals surface area contributed by atoms with Crippen molar-refractivity contribution in [2.45, 2.75) is 6.54 Å². The normalized spacial score (nSPS) is 12.4. The molecule has 0 saturated heterocycles. The first-order valence-electron chi connectivity index (χ1n) is 9.50. The molecule has 0 radical (unpaired) electrons. The fourth-order valence-electron chi connectivity index (χ4n) is 3.44. The Kier molecular flexibility index (Phi) is 4.85. The third-order valence-electron chi connectivity index (χ3n) is 4.89. The van der Waals surface area contributed by atoms with Gasteiger partial charge in [0.1, 0.15) is 23.3 Å². The number of aliphatic hydroxyl groups is 1. The number of nitrogens with zero attached hydrogens (tertiary/aromatic N) is 4. The molecule has 0 spiro atoms. The first-order chi connectivity index (χ1) is 15.1. The fourth-order valence-corrected chi connectivity index (χ4v) is 3.66. The zero-order valence-corrected chi connectivity index (χ0v) is 16.9. The highest BCUT2D eigenvalue weighted by Crippen LogP contribution is 2.34. The molecule has 2 aromatic heterocycles. The molecular weight excluding hydrogens is 418 g/mol. The van der Waals surface area contributed by atoms with E-state index in [1.165, 1.54) is 12.5 Å². The van der Waals surface area contributed by atoms with E-state index < -0.39 is 0 Å². The maximum absolute atomic E-state index is 11.8. The smallest absolute Gasteiger partial charge is 0.277 e. The van der Waals surface area contributed by atoms with Crippen molar-refractivity contribution in [3.8, 4) is 11.5 Å². The number of fused-ring (bicyclic) bond motifs is 2. The predicted octanol–water partition coefficient (Wildman–Crippen LogP) is 4.19. The Hall–Kier alpha value is -3.75. The summed E-state index contributed by atoms with van der Waals surface area (Å²) in [5.74, 6) is 1.27. The zero-order valence-electron chi connectivity index (χ0n) is 16.1. The van der Waals surface area contributed by atoms with E-state index in [4.69, 9.17) is 16.3 Å². The molecule has 1 aliphatic rings. The van der Waals surface area contributed by atoms with Crippen molar-refractivity contribution in [1.82, 2.24) is 14.5 Å². The summed E-state index contributed by atoms with van der Waals surface area (Å²) in [6.45, 7) is 0.448. The lowest BCUT2D eigenvalue weighted by atomic mass is 10.1. The Bertz CT molecular complexity index is 1350. The molecule has 9 heteroatoms. The third-order valence-corrected chi connectivity index (χ3v) is 5.18. The molecule has 154 valence electrons. The van der Waals surface area contributed by atoms with Crippen LogP contribution in [0.25, 0.3) is 11.0 Å². The molecule has 5 rings (SSSR count). The van der Waals surface area contributed by atoms with Crippen molar-refractivity contribution in [2.75, 3.05) is 11.9 Å². The lowest BCUT2D eigenvalue weighted by molar-refractivity contribution is 0.101. The minimum atomic E-state index is -0.284. The molecule has 0 unspecified atom stereocenters. The molecule has 4 aromatic rings. The molecule has 2 aromatic carbocycles. The van der Waals surface area contributed by atoms with Crippen LogP contribution in [0.1, 0.15) is 15.9 Å². The van der Waals surface area contributed by atoms with Crippen LogP contribution >= 0.6 is 11.6 Å². The summed E-state index contributed by atoms with van der Waals surface area (Å²) in [5.41, 5.74) is 3.55. The Balaban J connectivity index is 1.39. The van der Waals surface area contributed by atoms with Crippen LogP contribution in [-0.2, 0) is 6.54 Å². The van der Waals surface area contributed by atoms with Crippen molar-refractivity contribution < 1.29 is 14.6 Å². The summed E-state index contributed by atoms with van der Waals surface area (Å²) in [6.07, 6.45) is 4.87. The van der Waals surface area contributed by atoms with Crippen LogP contribution in [0.2, 0.25) is 5.02 Å². The van der Waals surface area contributed by atoms with Crippen LogP contribution in [0.4, 0.5) is 11.5 Å². The van der Waals surface area contributed by atoms with Crippen LogP contribution < -0.4 is 10.1 Å². The first kappa shape index (κ1) is 19.2. The number of anilines is 2. The molecule has 0 atom stereocenters. The number of aliphatic imine (C=N–C) groups is 1. The van der Waals surface area contributed by atoms with E-state index in [0.717, 1.165) is 16.6 Å². The number of halogens is 1. The van der Waals surface area contributed by atoms with Gasteiger partial charge in [0.2, 0.25) is 0 Å². The minimum absolute atomic E-state index is 0.0103. The Morgan fingerprint density at radius 1 is 1.13 bits per heavy atom. The predicted molar refractivity (Wildman–Crippen MR) is 118 cm³/mol. The minimum Gasteiger partial charge on any atom is -0.456 e. The summed E-state index contributed by atoms with van der Waals surface area (Å²) < 4.78 is 7.76. The molecule has 8 nitrogen and oxygen atoms in total. The summed E-state index contributed by atoms with van der Waals surface area (Å²) in [7, 11) is 0. The van der Waals surface area contributed by atoms with Gasteiger partial charge in [-0.1, -0.05) is 11.6 Å². The second kappa shape index (κ2) is 7.82. The Morgan fingerprint density at radius 3 is 2.87 bits per heavy atom. The van der Waals surface area contributed by atoms with E-state index >= 15 is 0 Å². The summed E-state index contributed by atoms with van der Waals surface area (Å²) in [6, 6.07) is 12.3. The number of hydrogen-bond donors (Lipinski definition) is 2. The third kappa shape index (κ3) is 3.63. The molecule has 3 heterocycles. The molecule has 0 aliphatic carbocycles. The van der Waals surface area contributed by atoms with Crippen molar-refractivity contribution in [1.29, 1.82) is 0 Å². The topological polar surface area (TPSA) is 102 Å². The van der Waals surface area contributed by atoms with Crippen molar-refractivity contribution in [2.24, 2.45) is 4.99 Å². The number of ether oxygens (including phenoxy) is 1. The van der Waals surface area contributed by atoms with Gasteiger partial charge < -0.3 is 19.7 Å². The average Bonchev–Trinajstić information content (AvgIpc) is 3.35. The number of carbonyl (C=O) groups is 1. The number of amides is 1. The number of rotatable bonds is 6. The second-order valence-electron chi connectivity index (χ2n) is 6.87. The van der Waals surface area contributed by atoms with Gasteiger partial charge in [-0.05, 0) is 42.5 Å². The second-order valence-corrected chi connectivity index (χ2v) is 7.28. The zero-order chi connectivity index (χ0) is 21.4. The highest BCUT2D eigenvalue weighted by molar-refractivity contribution is 6.32. The molecule has 0 bridgehead atoms. The molecule has 31 heavy (non-hydrogen) atoms. The number of benzene rings is 2. The highest BCUT2D eigenvalue weighted by Gasteiger charge is 2.17. The van der Waals surface area contributed by atoms with Crippen LogP contribution in [0, 0.1) is 0 Å². The molecule has 1 amide bonds. The van der Waals surface area contributed by atoms with Gasteiger partial charge in [-0.3, -0.25) is 4.79 Å². The monoisotopic (exact) mass is 433 g/mol. The molecular formula is C22H16ClN5O3. The van der Waals surface area contributed by atoms with Crippen molar-refractivity contribution in [3.05, 3.63) is 71.1 Å². The van der Waals surface area contributed by atoms with E-state index in [2.05, 4.69) is 20.3 Å². The van der Waals surface area contributed by atoms with Gasteiger partial charge in [-0.25, -0.2) is 15.0 Å². The van der Waals surface area contributed by atoms with Crippen LogP contribution in [0.3, 0.4) is 0 Å². The molecule has 1 aliphatic heterocycles. The number of aliphatic hydroxyl groups excluding tert-OH is 1. The maximum Gasteiger partial charge on any atom is 0.277 e. The average molecular weight is 434 g/mol. The van der Waals surface area contributed by atoms with Gasteiger partial charge in [0.15, 0.2) is 5.82 Å². The maximum atomic E-state index is 11.8. The number of carbonyl (C=O) groups excluding carboxylic acids is 1. The van der Waals surface area contributed by atoms with Gasteiger partial charge >= 0.3 is 0 Å². The van der Waals surface area contributed by atoms with Crippen LogP contribution in [-0.4, -0.2) is 38.4 Å².